The summed E-state index contributed by atoms with van der Waals surface area (Å²) < 4.78 is 20.4. The Hall–Kier alpha value is -0.870. The van der Waals surface area contributed by atoms with Crippen molar-refractivity contribution in [2.45, 2.75) is 57.3 Å². The second-order valence-corrected chi connectivity index (χ2v) is 7.22. The predicted molar refractivity (Wildman–Crippen MR) is 80.9 cm³/mol. The largest absolute Gasteiger partial charge is 0.459 e. The summed E-state index contributed by atoms with van der Waals surface area (Å²) in [5.74, 6) is -1.66. The third kappa shape index (κ3) is 2.88. The van der Waals surface area contributed by atoms with Crippen LogP contribution in [-0.2, 0) is 14.3 Å². The summed E-state index contributed by atoms with van der Waals surface area (Å²) in [6.45, 7) is 4.64. The van der Waals surface area contributed by atoms with Crippen molar-refractivity contribution in [2.24, 2.45) is 11.8 Å². The van der Waals surface area contributed by atoms with Gasteiger partial charge in [0.25, 0.3) is 0 Å². The average molecular weight is 294 g/mol. The highest BCUT2D eigenvalue weighted by atomic mass is 16.6. The molecule has 0 bridgehead atoms. The van der Waals surface area contributed by atoms with E-state index in [1.807, 2.05) is 19.0 Å². The fourth-order valence-corrected chi connectivity index (χ4v) is 3.73. The van der Waals surface area contributed by atoms with Gasteiger partial charge < -0.3 is 14.4 Å². The van der Waals surface area contributed by atoms with E-state index in [4.69, 9.17) is 10.8 Å². The number of rotatable bonds is 2. The number of fused-ring (bicyclic) bond motifs is 3. The maximum Gasteiger partial charge on any atom is 0.311 e. The van der Waals surface area contributed by atoms with E-state index in [-0.39, 0.29) is 29.7 Å². The maximum atomic E-state index is 12.4. The molecule has 1 aliphatic carbocycles. The van der Waals surface area contributed by atoms with Crippen molar-refractivity contribution in [3.63, 3.8) is 0 Å². The first-order valence-electron chi connectivity index (χ1n) is 8.45. The highest BCUT2D eigenvalue weighted by Gasteiger charge is 2.62. The quantitative estimate of drug-likeness (QED) is 0.445. The van der Waals surface area contributed by atoms with Crippen molar-refractivity contribution in [2.75, 3.05) is 20.6 Å². The van der Waals surface area contributed by atoms with Crippen LogP contribution in [0.3, 0.4) is 0 Å². The molecule has 2 heterocycles. The van der Waals surface area contributed by atoms with E-state index in [0.717, 1.165) is 25.7 Å². The van der Waals surface area contributed by atoms with Crippen LogP contribution in [0.2, 0.25) is 0 Å². The molecule has 0 amide bonds. The zero-order chi connectivity index (χ0) is 16.1. The topological polar surface area (TPSA) is 42.1 Å². The van der Waals surface area contributed by atoms with E-state index < -0.39 is 5.89 Å². The third-order valence-electron chi connectivity index (χ3n) is 5.06. The normalized spacial score (nSPS) is 47.1. The summed E-state index contributed by atoms with van der Waals surface area (Å²) >= 11 is 0. The van der Waals surface area contributed by atoms with Gasteiger partial charge in [0.05, 0.1) is 11.5 Å². The molecule has 5 atom stereocenters. The fraction of sp³-hybridized carbons (Fsp3) is 0.824. The van der Waals surface area contributed by atoms with Gasteiger partial charge in [-0.2, -0.15) is 0 Å². The van der Waals surface area contributed by atoms with Crippen LogP contribution in [0.15, 0.2) is 11.6 Å². The molecule has 118 valence electrons. The Labute approximate surface area is 128 Å². The molecular formula is C17H27NO3. The van der Waals surface area contributed by atoms with Gasteiger partial charge in [0.15, 0.2) is 0 Å². The molecule has 3 rings (SSSR count). The Balaban J connectivity index is 1.90. The smallest absolute Gasteiger partial charge is 0.311 e. The maximum absolute atomic E-state index is 12.4. The second kappa shape index (κ2) is 5.40. The van der Waals surface area contributed by atoms with Crippen LogP contribution >= 0.6 is 0 Å². The minimum absolute atomic E-state index is 0.0392. The van der Waals surface area contributed by atoms with Gasteiger partial charge in [-0.1, -0.05) is 11.6 Å². The molecule has 21 heavy (non-hydrogen) atoms. The van der Waals surface area contributed by atoms with E-state index in [1.165, 1.54) is 5.57 Å². The highest BCUT2D eigenvalue weighted by molar-refractivity contribution is 5.75. The van der Waals surface area contributed by atoms with Crippen LogP contribution < -0.4 is 0 Å². The van der Waals surface area contributed by atoms with Gasteiger partial charge in [0.2, 0.25) is 0 Å². The van der Waals surface area contributed by atoms with Gasteiger partial charge in [0.1, 0.15) is 12.2 Å². The number of hydrogen-bond donors (Lipinski definition) is 0. The van der Waals surface area contributed by atoms with Crippen molar-refractivity contribution in [1.82, 2.24) is 4.90 Å². The zero-order valence-electron chi connectivity index (χ0n) is 14.5. The minimum Gasteiger partial charge on any atom is -0.459 e. The number of carbonyl (C=O) groups is 1. The first-order valence-corrected chi connectivity index (χ1v) is 7.95. The van der Waals surface area contributed by atoms with Crippen molar-refractivity contribution >= 4 is 5.97 Å². The van der Waals surface area contributed by atoms with Crippen LogP contribution in [0.1, 0.15) is 40.9 Å². The summed E-state index contributed by atoms with van der Waals surface area (Å²) in [5, 5.41) is 0. The van der Waals surface area contributed by atoms with Gasteiger partial charge in [-0.25, -0.2) is 0 Å². The van der Waals surface area contributed by atoms with Crippen LogP contribution in [0.4, 0.5) is 0 Å². The number of ether oxygens (including phenoxy) is 2. The molecule has 0 radical (unpaired) electrons. The highest BCUT2D eigenvalue weighted by Crippen LogP contribution is 2.50. The van der Waals surface area contributed by atoms with Crippen molar-refractivity contribution < 1.29 is 15.6 Å². The first kappa shape index (κ1) is 13.8. The summed E-state index contributed by atoms with van der Waals surface area (Å²) in [6, 6.07) is 0. The zero-order valence-corrected chi connectivity index (χ0v) is 13.5. The lowest BCUT2D eigenvalue weighted by atomic mass is 9.80. The molecule has 0 spiro atoms. The standard InChI is InChI=1S/C17H27NO3/c1-11-6-5-9-17(2)15(21-17)14-12(8-7-11)13(10-18(3)4)16(19)20-14/h6,12-15H,5,7-10H2,1-4H3/t12-,13-,14-,15+,17+/m0/s1/i13D. The third-order valence-corrected chi connectivity index (χ3v) is 5.06. The van der Waals surface area contributed by atoms with Crippen molar-refractivity contribution in [3.05, 3.63) is 11.6 Å². The second-order valence-electron chi connectivity index (χ2n) is 7.22. The number of allylic oxidation sites excluding steroid dienone is 2. The number of epoxide rings is 1. The van der Waals surface area contributed by atoms with Crippen LogP contribution in [0.5, 0.6) is 0 Å². The Morgan fingerprint density at radius 3 is 3.00 bits per heavy atom. The molecule has 0 aromatic rings. The molecular weight excluding hydrogens is 266 g/mol. The van der Waals surface area contributed by atoms with Crippen molar-refractivity contribution in [3.8, 4) is 0 Å². The predicted octanol–water partition coefficient (Wildman–Crippen LogP) is 2.38. The number of nitrogens with zero attached hydrogens (tertiary/aromatic N) is 1. The Morgan fingerprint density at radius 1 is 1.52 bits per heavy atom. The van der Waals surface area contributed by atoms with E-state index in [9.17, 15) is 4.79 Å². The van der Waals surface area contributed by atoms with Crippen LogP contribution in [-0.4, -0.2) is 49.3 Å². The van der Waals surface area contributed by atoms with E-state index >= 15 is 0 Å². The van der Waals surface area contributed by atoms with Gasteiger partial charge in [0, 0.05) is 13.8 Å². The van der Waals surface area contributed by atoms with E-state index in [0.29, 0.717) is 6.54 Å². The monoisotopic (exact) mass is 294 g/mol. The van der Waals surface area contributed by atoms with E-state index in [2.05, 4.69) is 19.9 Å². The van der Waals surface area contributed by atoms with E-state index in [1.54, 1.807) is 0 Å². The fourth-order valence-electron chi connectivity index (χ4n) is 3.73. The summed E-state index contributed by atoms with van der Waals surface area (Å²) in [6.07, 6.45) is 5.67. The molecule has 3 aliphatic rings. The van der Waals surface area contributed by atoms with Gasteiger partial charge in [-0.3, -0.25) is 4.79 Å². The van der Waals surface area contributed by atoms with Gasteiger partial charge in [-0.05, 0) is 53.6 Å². The van der Waals surface area contributed by atoms with Crippen molar-refractivity contribution in [1.29, 1.82) is 0 Å². The number of carbonyl (C=O) groups excluding carboxylic acids is 1. The van der Waals surface area contributed by atoms with Gasteiger partial charge >= 0.3 is 5.97 Å². The molecule has 2 aliphatic heterocycles. The molecule has 2 saturated heterocycles. The number of esters is 1. The molecule has 0 aromatic heterocycles. The first-order chi connectivity index (χ1) is 10.3. The molecule has 0 unspecified atom stereocenters. The molecule has 2 fully saturated rings. The molecule has 0 saturated carbocycles. The molecule has 0 aromatic carbocycles. The Morgan fingerprint density at radius 2 is 2.29 bits per heavy atom. The SMILES string of the molecule is [2H][C@@]1(CN(C)C)C(=O)O[C@@H]2[C@H]3O[C@]3(C)CCC=C(C)CC[C@H]21. The lowest BCUT2D eigenvalue weighted by Gasteiger charge is -2.23. The van der Waals surface area contributed by atoms with Crippen LogP contribution in [0.25, 0.3) is 0 Å². The molecule has 0 N–H and O–H groups in total. The summed E-state index contributed by atoms with van der Waals surface area (Å²) in [4.78, 5) is 14.3. The lowest BCUT2D eigenvalue weighted by Crippen LogP contribution is -2.34. The summed E-state index contributed by atoms with van der Waals surface area (Å²) in [7, 11) is 3.81. The number of hydrogen-bond acceptors (Lipinski definition) is 4. The van der Waals surface area contributed by atoms with Gasteiger partial charge in [-0.15, -0.1) is 0 Å². The van der Waals surface area contributed by atoms with Crippen LogP contribution in [0, 0.1) is 11.8 Å². The molecule has 4 nitrogen and oxygen atoms in total. The Kier molecular flexibility index (Phi) is 3.54. The summed E-state index contributed by atoms with van der Waals surface area (Å²) in [5.41, 5.74) is 1.15. The minimum atomic E-state index is -1.18. The average Bonchev–Trinajstić information content (AvgIpc) is 3.00. The lowest BCUT2D eigenvalue weighted by molar-refractivity contribution is -0.145. The molecule has 4 heteroatoms. The Bertz CT molecular complexity index is 506.